The minimum absolute atomic E-state index is 0.0512. The fourth-order valence-corrected chi connectivity index (χ4v) is 3.05. The molecule has 0 spiro atoms. The Hall–Kier alpha value is -1.05. The maximum absolute atomic E-state index is 11.2. The van der Waals surface area contributed by atoms with Gasteiger partial charge in [0.15, 0.2) is 5.37 Å². The quantitative estimate of drug-likeness (QED) is 0.302. The molecule has 19 heavy (non-hydrogen) atoms. The largest absolute Gasteiger partial charge is 0.743 e. The molecule has 7 heteroatoms. The van der Waals surface area contributed by atoms with Crippen molar-refractivity contribution in [3.05, 3.63) is 12.2 Å². The third-order valence-corrected chi connectivity index (χ3v) is 4.44. The van der Waals surface area contributed by atoms with Crippen LogP contribution in [0.5, 0.6) is 0 Å². The lowest BCUT2D eigenvalue weighted by Crippen LogP contribution is -2.53. The normalized spacial score (nSPS) is 14.6. The van der Waals surface area contributed by atoms with Gasteiger partial charge in [-0.25, -0.2) is 13.4 Å². The molecule has 0 saturated carbocycles. The first kappa shape index (κ1) is 17.9. The number of carbonyl (C=O) groups is 1. The minimum Gasteiger partial charge on any atom is -0.743 e. The van der Waals surface area contributed by atoms with Gasteiger partial charge in [0, 0.05) is 24.6 Å². The van der Waals surface area contributed by atoms with E-state index in [9.17, 15) is 17.8 Å². The molecule has 0 rings (SSSR count). The van der Waals surface area contributed by atoms with Crippen molar-refractivity contribution in [3.63, 3.8) is 0 Å². The van der Waals surface area contributed by atoms with Crippen LogP contribution in [0, 0.1) is 0 Å². The van der Waals surface area contributed by atoms with Crippen molar-refractivity contribution in [2.75, 3.05) is 20.6 Å². The summed E-state index contributed by atoms with van der Waals surface area (Å²) in [6.07, 6.45) is 2.10. The molecule has 1 atom stereocenters. The second kappa shape index (κ2) is 6.93. The molecule has 0 aromatic rings. The fraction of sp³-hybridized carbons (Fsp3) is 0.667. The van der Waals surface area contributed by atoms with Gasteiger partial charge in [0.1, 0.15) is 10.1 Å². The summed E-state index contributed by atoms with van der Waals surface area (Å²) in [6, 6.07) is 0. The second-order valence-electron chi connectivity index (χ2n) is 5.04. The van der Waals surface area contributed by atoms with Crippen molar-refractivity contribution >= 4 is 22.2 Å². The molecule has 0 aromatic carbocycles. The summed E-state index contributed by atoms with van der Waals surface area (Å²) >= 11 is 0. The van der Waals surface area contributed by atoms with Gasteiger partial charge in [-0.3, -0.25) is 4.79 Å². The fourth-order valence-electron chi connectivity index (χ4n) is 1.84. The molecule has 0 radical (unpaired) electrons. The first-order valence-corrected chi connectivity index (χ1v) is 7.49. The van der Waals surface area contributed by atoms with Crippen molar-refractivity contribution in [2.45, 2.75) is 32.1 Å². The summed E-state index contributed by atoms with van der Waals surface area (Å²) in [7, 11) is -0.986. The van der Waals surface area contributed by atoms with Crippen LogP contribution in [-0.4, -0.2) is 55.6 Å². The molecule has 0 aliphatic rings. The monoisotopic (exact) mass is 290 g/mol. The zero-order valence-electron chi connectivity index (χ0n) is 11.9. The summed E-state index contributed by atoms with van der Waals surface area (Å²) in [5.41, 5.74) is 0.346. The van der Waals surface area contributed by atoms with E-state index in [1.165, 1.54) is 6.21 Å². The van der Waals surface area contributed by atoms with Crippen molar-refractivity contribution < 1.29 is 22.2 Å². The van der Waals surface area contributed by atoms with E-state index < -0.39 is 21.4 Å². The molecule has 1 amide bonds. The van der Waals surface area contributed by atoms with E-state index in [0.29, 0.717) is 18.5 Å². The van der Waals surface area contributed by atoms with Gasteiger partial charge in [-0.1, -0.05) is 13.5 Å². The molecular formula is C12H22N2O4S. The Morgan fingerprint density at radius 1 is 1.47 bits per heavy atom. The Morgan fingerprint density at radius 2 is 2.00 bits per heavy atom. The molecule has 0 N–H and O–H groups in total. The van der Waals surface area contributed by atoms with Gasteiger partial charge in [0.05, 0.1) is 20.6 Å². The van der Waals surface area contributed by atoms with Crippen LogP contribution in [-0.2, 0) is 14.9 Å². The number of amides is 1. The van der Waals surface area contributed by atoms with Gasteiger partial charge in [-0.2, -0.15) is 0 Å². The average Bonchev–Trinajstić information content (AvgIpc) is 2.22. The highest BCUT2D eigenvalue weighted by atomic mass is 32.2. The number of quaternary nitrogens is 1. The molecule has 0 fully saturated rings. The van der Waals surface area contributed by atoms with Crippen LogP contribution in [0.15, 0.2) is 17.1 Å². The van der Waals surface area contributed by atoms with Crippen LogP contribution in [0.25, 0.3) is 0 Å². The molecule has 0 aliphatic carbocycles. The Balaban J connectivity index is 4.63. The number of rotatable bonds is 7. The van der Waals surface area contributed by atoms with Crippen molar-refractivity contribution in [2.24, 2.45) is 4.99 Å². The smallest absolute Gasteiger partial charge is 0.271 e. The number of nitrogens with zero attached hydrogens (tertiary/aromatic N) is 2. The molecule has 0 aromatic heterocycles. The first-order chi connectivity index (χ1) is 8.52. The van der Waals surface area contributed by atoms with Crippen LogP contribution in [0.2, 0.25) is 0 Å². The lowest BCUT2D eigenvalue weighted by molar-refractivity contribution is -0.901. The van der Waals surface area contributed by atoms with E-state index in [2.05, 4.69) is 11.6 Å². The Kier molecular flexibility index (Phi) is 6.54. The highest BCUT2D eigenvalue weighted by Gasteiger charge is 2.31. The predicted octanol–water partition coefficient (Wildman–Crippen LogP) is 0.908. The van der Waals surface area contributed by atoms with Gasteiger partial charge in [-0.05, 0) is 6.92 Å². The minimum atomic E-state index is -4.34. The highest BCUT2D eigenvalue weighted by Crippen LogP contribution is 2.16. The molecule has 0 saturated heterocycles. The Labute approximate surface area is 115 Å². The van der Waals surface area contributed by atoms with Crippen molar-refractivity contribution in [3.8, 4) is 0 Å². The maximum Gasteiger partial charge on any atom is 0.271 e. The topological polar surface area (TPSA) is 86.6 Å². The second-order valence-corrected chi connectivity index (χ2v) is 6.57. The highest BCUT2D eigenvalue weighted by molar-refractivity contribution is 7.86. The van der Waals surface area contributed by atoms with Crippen molar-refractivity contribution in [1.82, 2.24) is 0 Å². The van der Waals surface area contributed by atoms with E-state index in [-0.39, 0.29) is 10.9 Å². The van der Waals surface area contributed by atoms with Crippen LogP contribution in [0.1, 0.15) is 26.7 Å². The summed E-state index contributed by atoms with van der Waals surface area (Å²) in [6.45, 7) is 7.11. The summed E-state index contributed by atoms with van der Waals surface area (Å²) in [4.78, 5) is 14.8. The van der Waals surface area contributed by atoms with Gasteiger partial charge < -0.3 is 9.04 Å². The lowest BCUT2D eigenvalue weighted by Gasteiger charge is -2.38. The van der Waals surface area contributed by atoms with Crippen LogP contribution >= 0.6 is 0 Å². The summed E-state index contributed by atoms with van der Waals surface area (Å²) < 4.78 is 33.6. The number of hydrogen-bond donors (Lipinski definition) is 0. The number of hydrogen-bond acceptors (Lipinski definition) is 4. The van der Waals surface area contributed by atoms with Gasteiger partial charge in [0.2, 0.25) is 0 Å². The zero-order chi connectivity index (χ0) is 15.3. The Bertz CT molecular complexity index is 466. The van der Waals surface area contributed by atoms with E-state index in [1.54, 1.807) is 27.9 Å². The summed E-state index contributed by atoms with van der Waals surface area (Å²) in [5.74, 6) is -0.395. The van der Waals surface area contributed by atoms with Gasteiger partial charge in [-0.15, -0.1) is 0 Å². The van der Waals surface area contributed by atoms with Gasteiger partial charge >= 0.3 is 0 Å². The maximum atomic E-state index is 11.2. The lowest BCUT2D eigenvalue weighted by atomic mass is 10.3. The SMILES string of the molecule is C=C(C)C(=O)N=CCC[N+](C)(C)C(CC)S(=O)(=O)[O-]. The molecule has 6 nitrogen and oxygen atoms in total. The van der Waals surface area contributed by atoms with Crippen LogP contribution in [0.4, 0.5) is 0 Å². The van der Waals surface area contributed by atoms with Gasteiger partial charge in [0.25, 0.3) is 5.91 Å². The molecular weight excluding hydrogens is 268 g/mol. The number of carbonyl (C=O) groups excluding carboxylic acids is 1. The first-order valence-electron chi connectivity index (χ1n) is 6.02. The predicted molar refractivity (Wildman–Crippen MR) is 73.7 cm³/mol. The van der Waals surface area contributed by atoms with E-state index >= 15 is 0 Å². The molecule has 110 valence electrons. The molecule has 0 bridgehead atoms. The molecule has 1 unspecified atom stereocenters. The number of aliphatic imine (C=N–C) groups is 1. The third-order valence-electron chi connectivity index (χ3n) is 2.87. The Morgan fingerprint density at radius 3 is 2.37 bits per heavy atom. The molecule has 0 aliphatic heterocycles. The zero-order valence-corrected chi connectivity index (χ0v) is 12.7. The standard InChI is InChI=1S/C12H22N2O4S/c1-6-11(19(16,17)18)14(4,5)9-7-8-13-12(15)10(2)3/h8,11H,2,6-7,9H2,1,3-5H3. The van der Waals surface area contributed by atoms with Crippen LogP contribution in [0.3, 0.4) is 0 Å². The third kappa shape index (κ3) is 6.09. The van der Waals surface area contributed by atoms with Crippen molar-refractivity contribution in [1.29, 1.82) is 0 Å². The average molecular weight is 290 g/mol. The van der Waals surface area contributed by atoms with E-state index in [4.69, 9.17) is 0 Å². The van der Waals surface area contributed by atoms with Crippen LogP contribution < -0.4 is 0 Å². The van der Waals surface area contributed by atoms with E-state index in [1.807, 2.05) is 0 Å². The summed E-state index contributed by atoms with van der Waals surface area (Å²) in [5, 5.41) is -0.988. The van der Waals surface area contributed by atoms with E-state index in [0.717, 1.165) is 0 Å². The molecule has 0 heterocycles.